The van der Waals surface area contributed by atoms with Crippen LogP contribution in [0.15, 0.2) is 72.8 Å². The highest BCUT2D eigenvalue weighted by Gasteiger charge is 2.42. The third-order valence-electron chi connectivity index (χ3n) is 16.4. The van der Waals surface area contributed by atoms with E-state index >= 15 is 0 Å². The van der Waals surface area contributed by atoms with E-state index in [4.69, 9.17) is 0 Å². The van der Waals surface area contributed by atoms with Crippen LogP contribution in [0.1, 0.15) is 193 Å². The van der Waals surface area contributed by atoms with Crippen LogP contribution >= 0.6 is 23.8 Å². The Labute approximate surface area is 360 Å². The minimum atomic E-state index is -0.214. The average Bonchev–Trinajstić information content (AvgIpc) is 3.30. The van der Waals surface area contributed by atoms with E-state index in [0.717, 1.165) is 34.0 Å². The molecule has 0 unspecified atom stereocenters. The molecule has 9 rings (SSSR count). The summed E-state index contributed by atoms with van der Waals surface area (Å²) in [5.74, 6) is 0. The Kier molecular flexibility index (Phi) is 15.6. The molecule has 3 aromatic rings. The first kappa shape index (κ1) is 42.3. The topological polar surface area (TPSA) is 0 Å². The molecular weight excluding hydrogens is 752 g/mol. The van der Waals surface area contributed by atoms with E-state index in [1.807, 2.05) is 15.9 Å². The van der Waals surface area contributed by atoms with Gasteiger partial charge in [0.1, 0.15) is 0 Å². The Morgan fingerprint density at radius 1 is 0.259 bits per heavy atom. The smallest absolute Gasteiger partial charge is 0.0695 e. The predicted octanol–water partition coefficient (Wildman–Crippen LogP) is 13.5. The first-order valence-corrected chi connectivity index (χ1v) is 29.9. The van der Waals surface area contributed by atoms with Crippen molar-refractivity contribution >= 4 is 62.8 Å². The van der Waals surface area contributed by atoms with Crippen molar-refractivity contribution < 1.29 is 0 Å². The molecule has 0 radical (unpaired) electrons. The maximum absolute atomic E-state index is 2.73. The van der Waals surface area contributed by atoms with Crippen molar-refractivity contribution in [1.29, 1.82) is 0 Å². The minimum absolute atomic E-state index is 0.214. The number of hydrogen-bond acceptors (Lipinski definition) is 0. The van der Waals surface area contributed by atoms with Gasteiger partial charge in [0.2, 0.25) is 6.71 Å². The number of rotatable bonds is 12. The Morgan fingerprint density at radius 3 is 0.655 bits per heavy atom. The molecule has 6 saturated carbocycles. The zero-order valence-electron chi connectivity index (χ0n) is 36.5. The molecule has 4 heteroatoms. The van der Waals surface area contributed by atoms with Crippen molar-refractivity contribution in [2.24, 2.45) is 0 Å². The molecule has 0 aliphatic heterocycles. The Hall–Kier alpha value is -0.985. The molecule has 0 saturated heterocycles. The highest BCUT2D eigenvalue weighted by molar-refractivity contribution is 7.69. The van der Waals surface area contributed by atoms with Gasteiger partial charge in [0, 0.05) is 0 Å². The van der Waals surface area contributed by atoms with Crippen molar-refractivity contribution in [1.82, 2.24) is 0 Å². The summed E-state index contributed by atoms with van der Waals surface area (Å²) in [6.07, 6.45) is 44.2. The number of benzene rings is 3. The monoisotopic (exact) mass is 831 g/mol. The van der Waals surface area contributed by atoms with Crippen LogP contribution in [0.2, 0.25) is 0 Å². The quantitative estimate of drug-likeness (QED) is 0.126. The summed E-state index contributed by atoms with van der Waals surface area (Å²) in [5, 5.41) is 5.56. The predicted molar refractivity (Wildman–Crippen MR) is 265 cm³/mol. The van der Waals surface area contributed by atoms with Gasteiger partial charge in [-0.2, -0.15) is 0 Å². The van der Waals surface area contributed by atoms with Gasteiger partial charge in [-0.25, -0.2) is 0 Å². The molecule has 6 aliphatic rings. The van der Waals surface area contributed by atoms with Gasteiger partial charge in [0.05, 0.1) is 0 Å². The van der Waals surface area contributed by atoms with Gasteiger partial charge in [-0.15, -0.1) is 0 Å². The van der Waals surface area contributed by atoms with Crippen LogP contribution in [0, 0.1) is 0 Å². The van der Waals surface area contributed by atoms with Crippen LogP contribution in [-0.4, -0.2) is 40.7 Å². The van der Waals surface area contributed by atoms with Crippen LogP contribution in [0.4, 0.5) is 0 Å². The van der Waals surface area contributed by atoms with E-state index in [2.05, 4.69) is 72.8 Å². The standard InChI is InChI=1S/C54H78BP3/c1-7-25-43(26-8-1)56(44-27-9-2-10-28-44)52-40-22-19-37-49(52)55(50-38-20-23-41-53(50)57(45-29-11-3-12-30-45)46-31-13-4-14-32-46)51-39-21-24-42-54(51)58(47-33-15-5-16-34-47)48-35-17-6-18-36-48/h19-24,37-48H,1-18,25-36H2. The van der Waals surface area contributed by atoms with E-state index in [9.17, 15) is 0 Å². The molecule has 3 aromatic carbocycles. The molecule has 312 valence electrons. The van der Waals surface area contributed by atoms with E-state index in [1.54, 1.807) is 16.4 Å². The fourth-order valence-electron chi connectivity index (χ4n) is 13.6. The van der Waals surface area contributed by atoms with Crippen molar-refractivity contribution in [2.45, 2.75) is 227 Å². The molecule has 0 aromatic heterocycles. The third-order valence-corrected chi connectivity index (χ3v) is 27.1. The lowest BCUT2D eigenvalue weighted by atomic mass is 9.36. The fourth-order valence-corrected chi connectivity index (χ4v) is 25.6. The Balaban J connectivity index is 1.25. The molecule has 6 aliphatic carbocycles. The first-order chi connectivity index (χ1) is 28.8. The lowest BCUT2D eigenvalue weighted by molar-refractivity contribution is 0.487. The maximum atomic E-state index is 2.73. The average molecular weight is 831 g/mol. The van der Waals surface area contributed by atoms with Gasteiger partial charge < -0.3 is 0 Å². The lowest BCUT2D eigenvalue weighted by Crippen LogP contribution is -2.63. The second-order valence-electron chi connectivity index (χ2n) is 20.1. The largest absolute Gasteiger partial charge is 0.243 e. The van der Waals surface area contributed by atoms with Crippen molar-refractivity contribution in [3.63, 3.8) is 0 Å². The maximum Gasteiger partial charge on any atom is 0.243 e. The highest BCUT2D eigenvalue weighted by Crippen LogP contribution is 2.57. The fraction of sp³-hybridized carbons (Fsp3) is 0.667. The third kappa shape index (κ3) is 9.79. The van der Waals surface area contributed by atoms with Gasteiger partial charge >= 0.3 is 0 Å². The molecule has 6 fully saturated rings. The van der Waals surface area contributed by atoms with Crippen molar-refractivity contribution in [2.75, 3.05) is 0 Å². The zero-order valence-corrected chi connectivity index (χ0v) is 39.2. The Bertz CT molecular complexity index is 1430. The number of hydrogen-bond donors (Lipinski definition) is 0. The molecular formula is C54H78BP3. The van der Waals surface area contributed by atoms with E-state index in [1.165, 1.54) is 193 Å². The van der Waals surface area contributed by atoms with Crippen molar-refractivity contribution in [3.8, 4) is 0 Å². The van der Waals surface area contributed by atoms with Gasteiger partial charge in [0.25, 0.3) is 0 Å². The van der Waals surface area contributed by atoms with Crippen LogP contribution in [0.5, 0.6) is 0 Å². The van der Waals surface area contributed by atoms with E-state index in [0.29, 0.717) is 6.71 Å². The summed E-state index contributed by atoms with van der Waals surface area (Å²) in [6, 6.07) is 31.3. The second-order valence-corrected chi connectivity index (χ2v) is 28.4. The van der Waals surface area contributed by atoms with E-state index in [-0.39, 0.29) is 23.8 Å². The lowest BCUT2D eigenvalue weighted by Gasteiger charge is -2.43. The summed E-state index contributed by atoms with van der Waals surface area (Å²) in [6.45, 7) is 0.357. The first-order valence-electron chi connectivity index (χ1n) is 25.5. The van der Waals surface area contributed by atoms with Crippen molar-refractivity contribution in [3.05, 3.63) is 72.8 Å². The minimum Gasteiger partial charge on any atom is -0.0695 e. The molecule has 58 heavy (non-hydrogen) atoms. The Morgan fingerprint density at radius 2 is 0.448 bits per heavy atom. The van der Waals surface area contributed by atoms with Gasteiger partial charge in [-0.1, -0.05) is 229 Å². The van der Waals surface area contributed by atoms with Crippen LogP contribution in [-0.2, 0) is 0 Å². The molecule has 0 bridgehead atoms. The molecule has 0 heterocycles. The van der Waals surface area contributed by atoms with Crippen LogP contribution in [0.25, 0.3) is 0 Å². The second kappa shape index (κ2) is 21.4. The summed E-state index contributed by atoms with van der Waals surface area (Å²) in [5.41, 5.74) is 10.8. The highest BCUT2D eigenvalue weighted by atomic mass is 31.1. The summed E-state index contributed by atoms with van der Waals surface area (Å²) >= 11 is 0. The van der Waals surface area contributed by atoms with Crippen LogP contribution in [0.3, 0.4) is 0 Å². The molecule has 0 spiro atoms. The SMILES string of the molecule is c1ccc(P(C2CCCCC2)C2CCCCC2)c(B(c2ccccc2P(C2CCCCC2)C2CCCCC2)c2ccccc2P(C2CCCCC2)C2CCCCC2)c1. The molecule has 0 amide bonds. The summed E-state index contributed by atoms with van der Waals surface area (Å²) in [4.78, 5) is 0. The summed E-state index contributed by atoms with van der Waals surface area (Å²) in [7, 11) is -0.642. The molecule has 0 atom stereocenters. The van der Waals surface area contributed by atoms with Gasteiger partial charge in [-0.3, -0.25) is 0 Å². The van der Waals surface area contributed by atoms with Crippen LogP contribution < -0.4 is 32.3 Å². The summed E-state index contributed by atoms with van der Waals surface area (Å²) < 4.78 is 0. The van der Waals surface area contributed by atoms with Gasteiger partial charge in [0.15, 0.2) is 0 Å². The normalized spacial score (nSPS) is 23.2. The van der Waals surface area contributed by atoms with E-state index < -0.39 is 0 Å². The zero-order chi connectivity index (χ0) is 38.9. The molecule has 0 N–H and O–H groups in total. The van der Waals surface area contributed by atoms with Gasteiger partial charge in [-0.05, 0) is 127 Å². The molecule has 0 nitrogen and oxygen atoms in total.